The van der Waals surface area contributed by atoms with Gasteiger partial charge in [0, 0.05) is 36.7 Å². The van der Waals surface area contributed by atoms with E-state index in [4.69, 9.17) is 18.9 Å². The Kier molecular flexibility index (Phi) is 8.96. The minimum Gasteiger partial charge on any atom is -0.497 e. The minimum atomic E-state index is -1.22. The van der Waals surface area contributed by atoms with Crippen molar-refractivity contribution in [1.29, 1.82) is 0 Å². The number of rotatable bonds is 11. The van der Waals surface area contributed by atoms with Crippen molar-refractivity contribution in [2.45, 2.75) is 37.5 Å². The molecule has 0 unspecified atom stereocenters. The first-order valence-corrected chi connectivity index (χ1v) is 12.9. The van der Waals surface area contributed by atoms with E-state index in [0.29, 0.717) is 46.8 Å². The molecule has 0 spiro atoms. The van der Waals surface area contributed by atoms with Gasteiger partial charge in [0.1, 0.15) is 30.0 Å². The van der Waals surface area contributed by atoms with Gasteiger partial charge in [-0.05, 0) is 48.4 Å². The molecule has 0 saturated carbocycles. The largest absolute Gasteiger partial charge is 0.497 e. The molecular weight excluding hydrogens is 520 g/mol. The molecule has 0 radical (unpaired) electrons. The quantitative estimate of drug-likeness (QED) is 0.350. The van der Waals surface area contributed by atoms with Gasteiger partial charge in [-0.3, -0.25) is 14.4 Å². The predicted octanol–water partition coefficient (Wildman–Crippen LogP) is 1.24. The van der Waals surface area contributed by atoms with Crippen molar-refractivity contribution in [2.24, 2.45) is 0 Å². The van der Waals surface area contributed by atoms with E-state index in [9.17, 15) is 24.6 Å². The first-order chi connectivity index (χ1) is 19.3. The van der Waals surface area contributed by atoms with E-state index in [1.807, 2.05) is 6.07 Å². The van der Waals surface area contributed by atoms with Gasteiger partial charge >= 0.3 is 0 Å². The average molecular weight is 555 g/mol. The molecule has 214 valence electrons. The number of hydrogen-bond donors (Lipinski definition) is 3. The molecule has 0 bridgehead atoms. The van der Waals surface area contributed by atoms with Gasteiger partial charge in [-0.1, -0.05) is 0 Å². The van der Waals surface area contributed by atoms with E-state index >= 15 is 0 Å². The summed E-state index contributed by atoms with van der Waals surface area (Å²) < 4.78 is 22.4. The van der Waals surface area contributed by atoms with Crippen LogP contribution in [0.1, 0.15) is 34.3 Å². The summed E-state index contributed by atoms with van der Waals surface area (Å²) in [6.45, 7) is 1.34. The SMILES string of the molecule is COc1ccc(OC)c(CCN(C(C)=O)[C@@H]2C=C(C(=O)NCCO)[C@@H]3c4cc(C=O)cc(OC)c4O[C@@H]3[C@H]2O)c1. The number of amides is 2. The van der Waals surface area contributed by atoms with Crippen molar-refractivity contribution in [3.05, 3.63) is 58.7 Å². The van der Waals surface area contributed by atoms with Gasteiger partial charge in [-0.15, -0.1) is 0 Å². The number of carbonyl (C=O) groups is 3. The first kappa shape index (κ1) is 28.9. The van der Waals surface area contributed by atoms with E-state index in [1.54, 1.807) is 38.5 Å². The molecule has 0 fully saturated rings. The predicted molar refractivity (Wildman–Crippen MR) is 144 cm³/mol. The van der Waals surface area contributed by atoms with Crippen LogP contribution in [-0.2, 0) is 16.0 Å². The fraction of sp³-hybridized carbons (Fsp3) is 0.414. The highest BCUT2D eigenvalue weighted by molar-refractivity contribution is 5.96. The summed E-state index contributed by atoms with van der Waals surface area (Å²) in [5.41, 5.74) is 1.90. The second-order valence-corrected chi connectivity index (χ2v) is 9.54. The van der Waals surface area contributed by atoms with Crippen LogP contribution in [0.25, 0.3) is 0 Å². The van der Waals surface area contributed by atoms with Gasteiger partial charge in [-0.2, -0.15) is 0 Å². The molecule has 0 saturated heterocycles. The maximum atomic E-state index is 13.3. The fourth-order valence-corrected chi connectivity index (χ4v) is 5.39. The summed E-state index contributed by atoms with van der Waals surface area (Å²) >= 11 is 0. The highest BCUT2D eigenvalue weighted by Gasteiger charge is 2.51. The lowest BCUT2D eigenvalue weighted by atomic mass is 9.77. The lowest BCUT2D eigenvalue weighted by Gasteiger charge is -2.40. The first-order valence-electron chi connectivity index (χ1n) is 12.9. The van der Waals surface area contributed by atoms with Crippen LogP contribution in [0, 0.1) is 0 Å². The Bertz CT molecular complexity index is 1310. The van der Waals surface area contributed by atoms with Crippen LogP contribution in [-0.4, -0.2) is 92.5 Å². The molecule has 0 aromatic heterocycles. The Morgan fingerprint density at radius 1 is 1.10 bits per heavy atom. The second kappa shape index (κ2) is 12.4. The molecule has 3 N–H and O–H groups in total. The lowest BCUT2D eigenvalue weighted by molar-refractivity contribution is -0.134. The van der Waals surface area contributed by atoms with Crippen LogP contribution in [0.15, 0.2) is 42.0 Å². The molecule has 2 amide bonds. The number of aliphatic hydroxyl groups is 2. The van der Waals surface area contributed by atoms with Crippen molar-refractivity contribution >= 4 is 18.1 Å². The Morgan fingerprint density at radius 2 is 1.85 bits per heavy atom. The standard InChI is InChI=1S/C29H34N2O9/c1-16(34)31(9-7-18-13-19(37-2)5-6-23(18)38-3)22-14-21(29(36)30-8-10-32)25-20-11-17(15-33)12-24(39-4)27(20)40-28(25)26(22)35/h5-6,11-15,22,25-26,28,32,35H,7-10H2,1-4H3,(H,30,36)/t22-,25+,26+,28+/m1/s1. The van der Waals surface area contributed by atoms with Crippen molar-refractivity contribution in [3.63, 3.8) is 0 Å². The van der Waals surface area contributed by atoms with Crippen LogP contribution in [0.5, 0.6) is 23.0 Å². The van der Waals surface area contributed by atoms with Crippen molar-refractivity contribution < 1.29 is 43.5 Å². The van der Waals surface area contributed by atoms with Crippen LogP contribution in [0.3, 0.4) is 0 Å². The number of aldehydes is 1. The number of nitrogens with zero attached hydrogens (tertiary/aromatic N) is 1. The van der Waals surface area contributed by atoms with Gasteiger partial charge in [0.25, 0.3) is 0 Å². The summed E-state index contributed by atoms with van der Waals surface area (Å²) in [5.74, 6) is 0.342. The number of nitrogens with one attached hydrogen (secondary N) is 1. The van der Waals surface area contributed by atoms with Gasteiger partial charge in [0.05, 0.1) is 39.9 Å². The fourth-order valence-electron chi connectivity index (χ4n) is 5.39. The van der Waals surface area contributed by atoms with Crippen LogP contribution in [0.4, 0.5) is 0 Å². The van der Waals surface area contributed by atoms with Crippen molar-refractivity contribution in [2.75, 3.05) is 41.0 Å². The third kappa shape index (κ3) is 5.47. The molecular formula is C29H34N2O9. The molecule has 11 heteroatoms. The monoisotopic (exact) mass is 554 g/mol. The molecule has 40 heavy (non-hydrogen) atoms. The number of fused-ring (bicyclic) bond motifs is 3. The van der Waals surface area contributed by atoms with Gasteiger partial charge in [-0.25, -0.2) is 0 Å². The molecule has 1 aliphatic heterocycles. The summed E-state index contributed by atoms with van der Waals surface area (Å²) in [6, 6.07) is 7.59. The van der Waals surface area contributed by atoms with E-state index in [1.165, 1.54) is 25.0 Å². The molecule has 1 aliphatic carbocycles. The van der Waals surface area contributed by atoms with Crippen LogP contribution in [0.2, 0.25) is 0 Å². The topological polar surface area (TPSA) is 144 Å². The van der Waals surface area contributed by atoms with Gasteiger partial charge < -0.3 is 39.4 Å². The molecule has 11 nitrogen and oxygen atoms in total. The molecule has 4 rings (SSSR count). The lowest BCUT2D eigenvalue weighted by Crippen LogP contribution is -2.55. The Balaban J connectivity index is 1.74. The van der Waals surface area contributed by atoms with Gasteiger partial charge in [0.15, 0.2) is 11.5 Å². The van der Waals surface area contributed by atoms with E-state index in [2.05, 4.69) is 5.32 Å². The number of hydrogen-bond acceptors (Lipinski definition) is 9. The van der Waals surface area contributed by atoms with E-state index in [0.717, 1.165) is 5.56 Å². The number of carbonyl (C=O) groups excluding carboxylic acids is 3. The zero-order valence-electron chi connectivity index (χ0n) is 22.9. The molecule has 2 aromatic carbocycles. The maximum absolute atomic E-state index is 13.3. The number of ether oxygens (including phenoxy) is 4. The number of benzene rings is 2. The molecule has 2 aromatic rings. The Hall–Kier alpha value is -4.09. The average Bonchev–Trinajstić information content (AvgIpc) is 3.36. The Morgan fingerprint density at radius 3 is 2.48 bits per heavy atom. The summed E-state index contributed by atoms with van der Waals surface area (Å²) in [6.07, 6.45) is 0.462. The third-order valence-corrected chi connectivity index (χ3v) is 7.28. The summed E-state index contributed by atoms with van der Waals surface area (Å²) in [4.78, 5) is 39.4. The summed E-state index contributed by atoms with van der Waals surface area (Å²) in [5, 5.41) is 23.5. The van der Waals surface area contributed by atoms with Gasteiger partial charge in [0.2, 0.25) is 11.8 Å². The Labute approximate surface area is 232 Å². The summed E-state index contributed by atoms with van der Waals surface area (Å²) in [7, 11) is 4.55. The van der Waals surface area contributed by atoms with E-state index in [-0.39, 0.29) is 31.2 Å². The highest BCUT2D eigenvalue weighted by Crippen LogP contribution is 2.51. The van der Waals surface area contributed by atoms with Crippen molar-refractivity contribution in [3.8, 4) is 23.0 Å². The third-order valence-electron chi connectivity index (χ3n) is 7.28. The zero-order chi connectivity index (χ0) is 29.0. The normalized spacial score (nSPS) is 20.8. The maximum Gasteiger partial charge on any atom is 0.247 e. The second-order valence-electron chi connectivity index (χ2n) is 9.54. The van der Waals surface area contributed by atoms with Crippen molar-refractivity contribution in [1.82, 2.24) is 10.2 Å². The van der Waals surface area contributed by atoms with Crippen LogP contribution < -0.4 is 24.3 Å². The van der Waals surface area contributed by atoms with E-state index < -0.39 is 30.1 Å². The molecule has 1 heterocycles. The zero-order valence-corrected chi connectivity index (χ0v) is 22.9. The molecule has 2 aliphatic rings. The number of aliphatic hydroxyl groups excluding tert-OH is 2. The van der Waals surface area contributed by atoms with Crippen LogP contribution >= 0.6 is 0 Å². The highest BCUT2D eigenvalue weighted by atomic mass is 16.5. The number of methoxy groups -OCH3 is 3. The molecule has 4 atom stereocenters. The minimum absolute atomic E-state index is 0.0122. The smallest absolute Gasteiger partial charge is 0.247 e.